The fraction of sp³-hybridized carbons (Fsp3) is 0.714. The number of carbonyl (C=O) groups excluding carboxylic acids is 1. The van der Waals surface area contributed by atoms with E-state index in [4.69, 9.17) is 15.9 Å². The molecule has 0 aromatic heterocycles. The number of hydrogen-bond donors (Lipinski definition) is 4. The molecule has 0 aliphatic heterocycles. The van der Waals surface area contributed by atoms with E-state index < -0.39 is 17.9 Å². The van der Waals surface area contributed by atoms with Gasteiger partial charge in [-0.2, -0.15) is 0 Å². The molecule has 0 aromatic carbocycles. The van der Waals surface area contributed by atoms with Crippen LogP contribution in [-0.4, -0.2) is 41.3 Å². The number of aliphatic hydroxyl groups is 1. The summed E-state index contributed by atoms with van der Waals surface area (Å²) in [5.41, 5.74) is 5.21. The molecule has 0 saturated heterocycles. The summed E-state index contributed by atoms with van der Waals surface area (Å²) < 4.78 is 0. The first-order chi connectivity index (χ1) is 6.11. The third-order valence-electron chi connectivity index (χ3n) is 1.51. The van der Waals surface area contributed by atoms with Crippen molar-refractivity contribution < 1.29 is 19.8 Å². The van der Waals surface area contributed by atoms with Crippen molar-refractivity contribution in [1.82, 2.24) is 5.32 Å². The van der Waals surface area contributed by atoms with Crippen molar-refractivity contribution in [2.75, 3.05) is 13.2 Å². The quantitative estimate of drug-likeness (QED) is 0.385. The number of rotatable bonds is 5. The van der Waals surface area contributed by atoms with Crippen LogP contribution in [0.3, 0.4) is 0 Å². The summed E-state index contributed by atoms with van der Waals surface area (Å²) in [6.45, 7) is 0.165. The van der Waals surface area contributed by atoms with Gasteiger partial charge in [-0.15, -0.1) is 0 Å². The molecule has 1 atom stereocenters. The van der Waals surface area contributed by atoms with E-state index in [9.17, 15) is 9.59 Å². The molecule has 0 radical (unpaired) electrons. The normalized spacial score (nSPS) is 12.2. The highest BCUT2D eigenvalue weighted by Gasteiger charge is 2.15. The molecule has 0 saturated carbocycles. The smallest absolute Gasteiger partial charge is 0.394 e. The van der Waals surface area contributed by atoms with Crippen molar-refractivity contribution in [2.24, 2.45) is 5.73 Å². The van der Waals surface area contributed by atoms with E-state index >= 15 is 0 Å². The minimum Gasteiger partial charge on any atom is -0.474 e. The van der Waals surface area contributed by atoms with Gasteiger partial charge in [0.05, 0.1) is 12.6 Å². The molecular weight excluding hydrogens is 176 g/mol. The van der Waals surface area contributed by atoms with Gasteiger partial charge in [-0.05, 0) is 19.4 Å². The molecule has 0 heterocycles. The van der Waals surface area contributed by atoms with Crippen LogP contribution in [0.1, 0.15) is 12.8 Å². The summed E-state index contributed by atoms with van der Waals surface area (Å²) in [6.07, 6.45) is 1.11. The molecule has 0 aromatic rings. The number of amides is 1. The Labute approximate surface area is 75.7 Å². The Kier molecular flexibility index (Phi) is 5.82. The second-order valence-electron chi connectivity index (χ2n) is 2.59. The van der Waals surface area contributed by atoms with Crippen LogP contribution < -0.4 is 11.1 Å². The molecule has 5 N–H and O–H groups in total. The summed E-state index contributed by atoms with van der Waals surface area (Å²) >= 11 is 0. The summed E-state index contributed by atoms with van der Waals surface area (Å²) in [5.74, 6) is -2.65. The van der Waals surface area contributed by atoms with E-state index in [1.165, 1.54) is 0 Å². The lowest BCUT2D eigenvalue weighted by molar-refractivity contribution is -0.150. The Bertz CT molecular complexity index is 183. The van der Waals surface area contributed by atoms with E-state index in [0.29, 0.717) is 19.4 Å². The van der Waals surface area contributed by atoms with Crippen molar-refractivity contribution in [3.63, 3.8) is 0 Å². The van der Waals surface area contributed by atoms with Crippen molar-refractivity contribution in [3.8, 4) is 0 Å². The molecule has 13 heavy (non-hydrogen) atoms. The molecular formula is C7H14N2O4. The maximum atomic E-state index is 10.6. The molecule has 0 spiro atoms. The summed E-state index contributed by atoms with van der Waals surface area (Å²) in [7, 11) is 0. The van der Waals surface area contributed by atoms with Crippen LogP contribution in [0.4, 0.5) is 0 Å². The number of nitrogens with one attached hydrogen (secondary N) is 1. The molecule has 0 unspecified atom stereocenters. The average molecular weight is 190 g/mol. The lowest BCUT2D eigenvalue weighted by Crippen LogP contribution is -2.41. The molecule has 0 fully saturated rings. The van der Waals surface area contributed by atoms with Crippen molar-refractivity contribution in [3.05, 3.63) is 0 Å². The summed E-state index contributed by atoms with van der Waals surface area (Å²) in [6, 6.07) is -0.521. The van der Waals surface area contributed by atoms with E-state index in [1.807, 2.05) is 0 Å². The summed E-state index contributed by atoms with van der Waals surface area (Å²) in [4.78, 5) is 20.7. The molecule has 0 rings (SSSR count). The lowest BCUT2D eigenvalue weighted by atomic mass is 10.1. The number of carbonyl (C=O) groups is 2. The predicted octanol–water partition coefficient (Wildman–Crippen LogP) is -1.71. The molecule has 1 amide bonds. The van der Waals surface area contributed by atoms with Crippen LogP contribution in [0.15, 0.2) is 0 Å². The lowest BCUT2D eigenvalue weighted by Gasteiger charge is -2.13. The second-order valence-corrected chi connectivity index (χ2v) is 2.59. The van der Waals surface area contributed by atoms with Gasteiger partial charge in [0.15, 0.2) is 0 Å². The molecule has 0 bridgehead atoms. The number of nitrogens with two attached hydrogens (primary N) is 1. The Morgan fingerprint density at radius 2 is 2.08 bits per heavy atom. The minimum atomic E-state index is -1.55. The Balaban J connectivity index is 3.83. The third-order valence-corrected chi connectivity index (χ3v) is 1.51. The zero-order chi connectivity index (χ0) is 10.3. The van der Waals surface area contributed by atoms with Gasteiger partial charge >= 0.3 is 11.9 Å². The van der Waals surface area contributed by atoms with Gasteiger partial charge in [0.25, 0.3) is 0 Å². The van der Waals surface area contributed by atoms with Crippen LogP contribution in [0.25, 0.3) is 0 Å². The van der Waals surface area contributed by atoms with Crippen LogP contribution in [0.2, 0.25) is 0 Å². The fourth-order valence-electron chi connectivity index (χ4n) is 0.820. The number of carboxylic acids is 1. The second kappa shape index (κ2) is 6.38. The number of carboxylic acid groups (broad SMARTS) is 1. The molecule has 0 aliphatic carbocycles. The van der Waals surface area contributed by atoms with Gasteiger partial charge in [-0.3, -0.25) is 4.79 Å². The first kappa shape index (κ1) is 11.9. The number of aliphatic hydroxyl groups excluding tert-OH is 1. The SMILES string of the molecule is NCCC[C@@H](CO)NC(=O)C(=O)O. The van der Waals surface area contributed by atoms with Crippen molar-refractivity contribution in [1.29, 1.82) is 0 Å². The van der Waals surface area contributed by atoms with Gasteiger partial charge in [0.1, 0.15) is 0 Å². The zero-order valence-corrected chi connectivity index (χ0v) is 7.19. The molecule has 76 valence electrons. The largest absolute Gasteiger partial charge is 0.474 e. The van der Waals surface area contributed by atoms with E-state index in [0.717, 1.165) is 0 Å². The highest BCUT2D eigenvalue weighted by Crippen LogP contribution is 1.94. The third kappa shape index (κ3) is 5.15. The van der Waals surface area contributed by atoms with Crippen molar-refractivity contribution >= 4 is 11.9 Å². The number of aliphatic carboxylic acids is 1. The zero-order valence-electron chi connectivity index (χ0n) is 7.19. The average Bonchev–Trinajstić information content (AvgIpc) is 2.11. The van der Waals surface area contributed by atoms with Crippen molar-refractivity contribution in [2.45, 2.75) is 18.9 Å². The van der Waals surface area contributed by atoms with E-state index in [2.05, 4.69) is 5.32 Å². The fourth-order valence-corrected chi connectivity index (χ4v) is 0.820. The molecule has 6 heteroatoms. The van der Waals surface area contributed by atoms with E-state index in [-0.39, 0.29) is 6.61 Å². The highest BCUT2D eigenvalue weighted by atomic mass is 16.4. The molecule has 6 nitrogen and oxygen atoms in total. The monoisotopic (exact) mass is 190 g/mol. The van der Waals surface area contributed by atoms with Gasteiger partial charge < -0.3 is 21.3 Å². The summed E-state index contributed by atoms with van der Waals surface area (Å²) in [5, 5.41) is 19.1. The maximum Gasteiger partial charge on any atom is 0.394 e. The Hall–Kier alpha value is -1.14. The van der Waals surface area contributed by atoms with Gasteiger partial charge in [0, 0.05) is 0 Å². The van der Waals surface area contributed by atoms with Crippen LogP contribution in [-0.2, 0) is 9.59 Å². The van der Waals surface area contributed by atoms with Gasteiger partial charge in [-0.25, -0.2) is 4.79 Å². The standard InChI is InChI=1S/C7H14N2O4/c8-3-1-2-5(4-10)9-6(11)7(12)13/h5,10H,1-4,8H2,(H,9,11)(H,12,13)/t5-/m0/s1. The van der Waals surface area contributed by atoms with Gasteiger partial charge in [0.2, 0.25) is 0 Å². The maximum absolute atomic E-state index is 10.6. The van der Waals surface area contributed by atoms with Gasteiger partial charge in [-0.1, -0.05) is 0 Å². The van der Waals surface area contributed by atoms with Crippen LogP contribution >= 0.6 is 0 Å². The van der Waals surface area contributed by atoms with Crippen LogP contribution in [0, 0.1) is 0 Å². The highest BCUT2D eigenvalue weighted by molar-refractivity contribution is 6.31. The molecule has 0 aliphatic rings. The van der Waals surface area contributed by atoms with Crippen LogP contribution in [0.5, 0.6) is 0 Å². The predicted molar refractivity (Wildman–Crippen MR) is 44.9 cm³/mol. The Morgan fingerprint density at radius 1 is 1.46 bits per heavy atom. The first-order valence-corrected chi connectivity index (χ1v) is 3.96. The topological polar surface area (TPSA) is 113 Å². The number of hydrogen-bond acceptors (Lipinski definition) is 4. The van der Waals surface area contributed by atoms with E-state index in [1.54, 1.807) is 0 Å². The minimum absolute atomic E-state index is 0.279. The first-order valence-electron chi connectivity index (χ1n) is 3.96. The Morgan fingerprint density at radius 3 is 2.46 bits per heavy atom.